The predicted octanol–water partition coefficient (Wildman–Crippen LogP) is 4.40. The van der Waals surface area contributed by atoms with Crippen LogP contribution in [0.4, 0.5) is 19.3 Å². The van der Waals surface area contributed by atoms with Crippen molar-refractivity contribution in [3.63, 3.8) is 0 Å². The highest BCUT2D eigenvalue weighted by atomic mass is 19.1. The minimum atomic E-state index is -1.77. The quantitative estimate of drug-likeness (QED) is 0.586. The van der Waals surface area contributed by atoms with E-state index in [4.69, 9.17) is 9.47 Å². The van der Waals surface area contributed by atoms with Crippen LogP contribution in [-0.2, 0) is 9.47 Å². The molecule has 1 aromatic heterocycles. The lowest BCUT2D eigenvalue weighted by Crippen LogP contribution is -2.43. The van der Waals surface area contributed by atoms with E-state index in [2.05, 4.69) is 5.32 Å². The van der Waals surface area contributed by atoms with Gasteiger partial charge in [-0.1, -0.05) is 0 Å². The lowest BCUT2D eigenvalue weighted by Gasteiger charge is -2.26. The minimum Gasteiger partial charge on any atom is -0.462 e. The molecule has 1 atom stereocenters. The fourth-order valence-electron chi connectivity index (χ4n) is 4.80. The van der Waals surface area contributed by atoms with E-state index in [0.29, 0.717) is 16.5 Å². The van der Waals surface area contributed by atoms with Gasteiger partial charge in [-0.3, -0.25) is 4.79 Å². The first kappa shape index (κ1) is 25.9. The van der Waals surface area contributed by atoms with Crippen molar-refractivity contribution < 1.29 is 27.8 Å². The monoisotopic (exact) mass is 505 g/mol. The second kappa shape index (κ2) is 9.37. The molecule has 1 aliphatic carbocycles. The molecule has 4 rings (SSSR count). The molecule has 8 nitrogen and oxygen atoms in total. The number of hydrogen-bond donors (Lipinski definition) is 1. The highest BCUT2D eigenvalue weighted by molar-refractivity contribution is 5.96. The molecular formula is C26H33F2N3O5. The summed E-state index contributed by atoms with van der Waals surface area (Å²) in [6.45, 7) is 8.49. The highest BCUT2D eigenvalue weighted by Crippen LogP contribution is 2.41. The minimum absolute atomic E-state index is 0.0803. The zero-order valence-electron chi connectivity index (χ0n) is 21.4. The Hall–Kier alpha value is -3.17. The van der Waals surface area contributed by atoms with Gasteiger partial charge in [-0.25, -0.2) is 18.4 Å². The molecule has 1 N–H and O–H groups in total. The number of esters is 1. The molecule has 2 fully saturated rings. The zero-order valence-corrected chi connectivity index (χ0v) is 21.4. The Morgan fingerprint density at radius 2 is 1.94 bits per heavy atom. The van der Waals surface area contributed by atoms with Gasteiger partial charge in [-0.2, -0.15) is 0 Å². The number of carbonyl (C=O) groups excluding carboxylic acids is 2. The van der Waals surface area contributed by atoms with Gasteiger partial charge in [0, 0.05) is 24.4 Å². The number of alkyl halides is 1. The largest absolute Gasteiger partial charge is 0.462 e. The van der Waals surface area contributed by atoms with Crippen molar-refractivity contribution in [1.29, 1.82) is 0 Å². The van der Waals surface area contributed by atoms with Crippen molar-refractivity contribution in [3.8, 4) is 0 Å². The number of pyridine rings is 1. The van der Waals surface area contributed by atoms with Gasteiger partial charge in [0.2, 0.25) is 0 Å². The summed E-state index contributed by atoms with van der Waals surface area (Å²) in [6, 6.07) is 2.58. The van der Waals surface area contributed by atoms with E-state index in [9.17, 15) is 14.4 Å². The maximum atomic E-state index is 15.6. The number of nitrogens with one attached hydrogen (secondary N) is 1. The van der Waals surface area contributed by atoms with Crippen molar-refractivity contribution in [2.75, 3.05) is 31.1 Å². The van der Waals surface area contributed by atoms with Crippen molar-refractivity contribution in [2.45, 2.75) is 71.2 Å². The maximum absolute atomic E-state index is 15.6. The number of benzene rings is 1. The smallest absolute Gasteiger partial charge is 0.407 e. The molecule has 36 heavy (non-hydrogen) atoms. The van der Waals surface area contributed by atoms with E-state index >= 15 is 8.78 Å². The second-order valence-corrected chi connectivity index (χ2v) is 10.6. The number of anilines is 1. The van der Waals surface area contributed by atoms with Crippen LogP contribution in [0.15, 0.2) is 16.9 Å². The Labute approximate surface area is 208 Å². The molecule has 1 saturated carbocycles. The van der Waals surface area contributed by atoms with Crippen LogP contribution in [-0.4, -0.2) is 54.1 Å². The Kier molecular flexibility index (Phi) is 6.74. The number of aromatic nitrogens is 1. The molecular weight excluding hydrogens is 472 g/mol. The molecule has 1 saturated heterocycles. The first-order valence-electron chi connectivity index (χ1n) is 12.3. The highest BCUT2D eigenvalue weighted by Gasteiger charge is 2.41. The van der Waals surface area contributed by atoms with Crippen LogP contribution in [0, 0.1) is 12.7 Å². The average molecular weight is 506 g/mol. The topological polar surface area (TPSA) is 89.9 Å². The summed E-state index contributed by atoms with van der Waals surface area (Å²) in [6.07, 6.45) is 0.941. The zero-order chi connectivity index (χ0) is 26.4. The number of ether oxygens (including phenoxy) is 2. The molecule has 0 spiro atoms. The molecule has 10 heteroatoms. The number of aryl methyl sites for hydroxylation is 1. The SMILES string of the molecule is CCOC(=O)c1cc2cc(F)c(N3CCC(F)(CNC(=O)OC(C)(C)C)C3)c(C)c2n(C2CC2)c1=O. The van der Waals surface area contributed by atoms with Gasteiger partial charge in [0.05, 0.1) is 30.9 Å². The Morgan fingerprint density at radius 1 is 1.25 bits per heavy atom. The van der Waals surface area contributed by atoms with E-state index in [1.807, 2.05) is 0 Å². The third kappa shape index (κ3) is 5.17. The Bertz CT molecular complexity index is 1270. The number of alkyl carbamates (subject to hydrolysis) is 1. The second-order valence-electron chi connectivity index (χ2n) is 10.6. The summed E-state index contributed by atoms with van der Waals surface area (Å²) >= 11 is 0. The van der Waals surface area contributed by atoms with Crippen LogP contribution in [0.25, 0.3) is 10.9 Å². The Morgan fingerprint density at radius 3 is 2.56 bits per heavy atom. The van der Waals surface area contributed by atoms with Gasteiger partial charge in [0.1, 0.15) is 22.7 Å². The lowest BCUT2D eigenvalue weighted by atomic mass is 10.0. The number of amides is 1. The first-order chi connectivity index (χ1) is 16.8. The van der Waals surface area contributed by atoms with Gasteiger partial charge < -0.3 is 24.3 Å². The fourth-order valence-corrected chi connectivity index (χ4v) is 4.80. The summed E-state index contributed by atoms with van der Waals surface area (Å²) in [5.74, 6) is -1.31. The van der Waals surface area contributed by atoms with E-state index in [1.54, 1.807) is 44.1 Å². The molecule has 1 aromatic carbocycles. The third-order valence-corrected chi connectivity index (χ3v) is 6.46. The van der Waals surface area contributed by atoms with Crippen LogP contribution < -0.4 is 15.8 Å². The summed E-state index contributed by atoms with van der Waals surface area (Å²) in [7, 11) is 0. The van der Waals surface area contributed by atoms with Crippen molar-refractivity contribution >= 4 is 28.7 Å². The summed E-state index contributed by atoms with van der Waals surface area (Å²) < 4.78 is 42.8. The van der Waals surface area contributed by atoms with E-state index < -0.39 is 34.7 Å². The van der Waals surface area contributed by atoms with E-state index in [0.717, 1.165) is 12.8 Å². The van der Waals surface area contributed by atoms with Crippen molar-refractivity contribution in [3.05, 3.63) is 39.4 Å². The van der Waals surface area contributed by atoms with Crippen LogP contribution >= 0.6 is 0 Å². The molecule has 2 heterocycles. The molecule has 0 radical (unpaired) electrons. The van der Waals surface area contributed by atoms with Crippen LogP contribution in [0.2, 0.25) is 0 Å². The molecule has 1 amide bonds. The number of nitrogens with zero attached hydrogens (tertiary/aromatic N) is 2. The molecule has 0 bridgehead atoms. The van der Waals surface area contributed by atoms with Gasteiger partial charge in [-0.05, 0) is 65.2 Å². The van der Waals surface area contributed by atoms with Gasteiger partial charge in [0.15, 0.2) is 0 Å². The Balaban J connectivity index is 1.66. The molecule has 196 valence electrons. The summed E-state index contributed by atoms with van der Waals surface area (Å²) in [5.41, 5.74) is -1.80. The number of halogens is 2. The fraction of sp³-hybridized carbons (Fsp3) is 0.577. The lowest BCUT2D eigenvalue weighted by molar-refractivity contribution is 0.0484. The third-order valence-electron chi connectivity index (χ3n) is 6.46. The standard InChI is InChI=1S/C26H33F2N3O5/c1-6-35-23(33)18-11-16-12-19(27)21(15(2)20(16)31(22(18)32)17-7-8-17)30-10-9-26(28,14-30)13-29-24(34)36-25(3,4)5/h11-12,17H,6-10,13-14H2,1-5H3,(H,29,34). The van der Waals surface area contributed by atoms with Gasteiger partial charge in [-0.15, -0.1) is 0 Å². The van der Waals surface area contributed by atoms with Crippen molar-refractivity contribution in [1.82, 2.24) is 9.88 Å². The van der Waals surface area contributed by atoms with Gasteiger partial charge in [0.25, 0.3) is 5.56 Å². The molecule has 1 unspecified atom stereocenters. The molecule has 2 aromatic rings. The van der Waals surface area contributed by atoms with Crippen LogP contribution in [0.5, 0.6) is 0 Å². The van der Waals surface area contributed by atoms with Gasteiger partial charge >= 0.3 is 12.1 Å². The van der Waals surface area contributed by atoms with Crippen molar-refractivity contribution in [2.24, 2.45) is 0 Å². The van der Waals surface area contributed by atoms with Crippen LogP contribution in [0.3, 0.4) is 0 Å². The number of hydrogen-bond acceptors (Lipinski definition) is 6. The number of rotatable bonds is 6. The molecule has 2 aliphatic rings. The maximum Gasteiger partial charge on any atom is 0.407 e. The van der Waals surface area contributed by atoms with E-state index in [-0.39, 0.29) is 50.0 Å². The number of fused-ring (bicyclic) bond motifs is 1. The first-order valence-corrected chi connectivity index (χ1v) is 12.3. The normalized spacial score (nSPS) is 20.0. The molecule has 1 aliphatic heterocycles. The van der Waals surface area contributed by atoms with E-state index in [1.165, 1.54) is 12.1 Å². The summed E-state index contributed by atoms with van der Waals surface area (Å²) in [4.78, 5) is 39.2. The average Bonchev–Trinajstić information content (AvgIpc) is 3.53. The number of carbonyl (C=O) groups is 2. The summed E-state index contributed by atoms with van der Waals surface area (Å²) in [5, 5.41) is 2.89. The predicted molar refractivity (Wildman–Crippen MR) is 132 cm³/mol. The van der Waals surface area contributed by atoms with Crippen LogP contribution in [0.1, 0.15) is 68.9 Å².